The lowest BCUT2D eigenvalue weighted by molar-refractivity contribution is -0.137. The Kier molecular flexibility index (Phi) is 5.25. The monoisotopic (exact) mass is 313 g/mol. The Hall–Kier alpha value is -1.73. The molecule has 2 N–H and O–H groups in total. The van der Waals surface area contributed by atoms with Crippen molar-refractivity contribution in [1.29, 1.82) is 0 Å². The van der Waals surface area contributed by atoms with Gasteiger partial charge in [-0.05, 0) is 39.3 Å². The van der Waals surface area contributed by atoms with Gasteiger partial charge in [-0.15, -0.1) is 0 Å². The van der Waals surface area contributed by atoms with Crippen molar-refractivity contribution in [2.75, 3.05) is 0 Å². The highest BCUT2D eigenvalue weighted by molar-refractivity contribution is 7.89. The van der Waals surface area contributed by atoms with E-state index >= 15 is 0 Å². The molecule has 0 amide bonds. The quantitative estimate of drug-likeness (QED) is 0.748. The number of benzene rings is 1. The molecule has 0 unspecified atom stereocenters. The molecule has 0 aliphatic carbocycles. The first-order valence-corrected chi connectivity index (χ1v) is 7.89. The third kappa shape index (κ3) is 5.28. The van der Waals surface area contributed by atoms with E-state index in [1.807, 2.05) is 0 Å². The van der Waals surface area contributed by atoms with Gasteiger partial charge >= 0.3 is 5.97 Å². The van der Waals surface area contributed by atoms with Crippen molar-refractivity contribution in [3.8, 4) is 0 Å². The first-order valence-electron chi connectivity index (χ1n) is 6.40. The van der Waals surface area contributed by atoms with Crippen LogP contribution in [0, 0.1) is 0 Å². The minimum atomic E-state index is -3.76. The summed E-state index contributed by atoms with van der Waals surface area (Å²) in [6.07, 6.45) is 0.0475. The molecule has 0 aliphatic heterocycles. The zero-order valence-electron chi connectivity index (χ0n) is 12.2. The third-order valence-corrected chi connectivity index (χ3v) is 4.66. The molecular formula is C14H19NO5S. The van der Waals surface area contributed by atoms with E-state index in [2.05, 4.69) is 4.72 Å². The summed E-state index contributed by atoms with van der Waals surface area (Å²) < 4.78 is 26.9. The highest BCUT2D eigenvalue weighted by Crippen LogP contribution is 2.18. The SMILES string of the molecule is CC(=O)c1ccc(S(=O)(=O)NC(C)(C)CCC(=O)O)cc1. The van der Waals surface area contributed by atoms with Gasteiger partial charge in [-0.25, -0.2) is 13.1 Å². The molecule has 7 heteroatoms. The minimum absolute atomic E-state index is 0.0379. The predicted molar refractivity (Wildman–Crippen MR) is 77.7 cm³/mol. The first kappa shape index (κ1) is 17.3. The van der Waals surface area contributed by atoms with E-state index in [1.54, 1.807) is 13.8 Å². The van der Waals surface area contributed by atoms with Gasteiger partial charge in [-0.1, -0.05) is 12.1 Å². The second-order valence-corrected chi connectivity index (χ2v) is 7.15. The highest BCUT2D eigenvalue weighted by atomic mass is 32.2. The van der Waals surface area contributed by atoms with Crippen LogP contribution < -0.4 is 4.72 Å². The summed E-state index contributed by atoms with van der Waals surface area (Å²) >= 11 is 0. The Labute approximate surface area is 124 Å². The molecule has 0 atom stereocenters. The Morgan fingerprint density at radius 2 is 1.71 bits per heavy atom. The van der Waals surface area contributed by atoms with Gasteiger partial charge in [0.2, 0.25) is 10.0 Å². The molecule has 0 heterocycles. The van der Waals surface area contributed by atoms with Crippen LogP contribution >= 0.6 is 0 Å². The Bertz CT molecular complexity index is 632. The average molecular weight is 313 g/mol. The Balaban J connectivity index is 2.90. The second kappa shape index (κ2) is 6.36. The fraction of sp³-hybridized carbons (Fsp3) is 0.429. The lowest BCUT2D eigenvalue weighted by atomic mass is 10.0. The fourth-order valence-corrected chi connectivity index (χ4v) is 3.20. The maximum Gasteiger partial charge on any atom is 0.303 e. The van der Waals surface area contributed by atoms with Crippen LogP contribution in [0.25, 0.3) is 0 Å². The summed E-state index contributed by atoms with van der Waals surface area (Å²) in [6, 6.07) is 5.60. The topological polar surface area (TPSA) is 101 Å². The number of aliphatic carboxylic acids is 1. The molecule has 0 radical (unpaired) electrons. The van der Waals surface area contributed by atoms with Gasteiger partial charge in [0.25, 0.3) is 0 Å². The van der Waals surface area contributed by atoms with Crippen molar-refractivity contribution in [2.24, 2.45) is 0 Å². The smallest absolute Gasteiger partial charge is 0.303 e. The summed E-state index contributed by atoms with van der Waals surface area (Å²) in [4.78, 5) is 21.8. The molecule has 1 aromatic rings. The van der Waals surface area contributed by atoms with E-state index in [0.29, 0.717) is 5.56 Å². The number of Topliss-reactive ketones (excluding diaryl/α,β-unsaturated/α-hetero) is 1. The van der Waals surface area contributed by atoms with Gasteiger partial charge in [0.15, 0.2) is 5.78 Å². The van der Waals surface area contributed by atoms with Crippen molar-refractivity contribution in [3.63, 3.8) is 0 Å². The minimum Gasteiger partial charge on any atom is -0.481 e. The van der Waals surface area contributed by atoms with Gasteiger partial charge in [0.05, 0.1) is 4.90 Å². The lowest BCUT2D eigenvalue weighted by Crippen LogP contribution is -2.43. The Morgan fingerprint density at radius 3 is 2.14 bits per heavy atom. The van der Waals surface area contributed by atoms with Gasteiger partial charge in [-0.2, -0.15) is 0 Å². The summed E-state index contributed by atoms with van der Waals surface area (Å²) in [7, 11) is -3.76. The molecule has 0 saturated carbocycles. The number of nitrogens with one attached hydrogen (secondary N) is 1. The van der Waals surface area contributed by atoms with Crippen molar-refractivity contribution in [1.82, 2.24) is 4.72 Å². The molecule has 0 aromatic heterocycles. The van der Waals surface area contributed by atoms with Crippen LogP contribution in [0.1, 0.15) is 44.0 Å². The van der Waals surface area contributed by atoms with Crippen molar-refractivity contribution in [2.45, 2.75) is 44.0 Å². The number of sulfonamides is 1. The van der Waals surface area contributed by atoms with Crippen molar-refractivity contribution in [3.05, 3.63) is 29.8 Å². The number of hydrogen-bond donors (Lipinski definition) is 2. The van der Waals surface area contributed by atoms with E-state index in [-0.39, 0.29) is 23.5 Å². The largest absolute Gasteiger partial charge is 0.481 e. The lowest BCUT2D eigenvalue weighted by Gasteiger charge is -2.25. The number of carbonyl (C=O) groups excluding carboxylic acids is 1. The first-order chi connectivity index (χ1) is 9.53. The highest BCUT2D eigenvalue weighted by Gasteiger charge is 2.26. The maximum atomic E-state index is 12.2. The molecule has 0 fully saturated rings. The molecule has 0 spiro atoms. The van der Waals surface area contributed by atoms with Gasteiger partial charge in [0.1, 0.15) is 0 Å². The summed E-state index contributed by atoms with van der Waals surface area (Å²) in [5, 5.41) is 8.67. The van der Waals surface area contributed by atoms with Crippen LogP contribution in [0.15, 0.2) is 29.2 Å². The maximum absolute atomic E-state index is 12.2. The van der Waals surface area contributed by atoms with E-state index < -0.39 is 21.5 Å². The number of carboxylic acid groups (broad SMARTS) is 1. The van der Waals surface area contributed by atoms with Gasteiger partial charge in [-0.3, -0.25) is 9.59 Å². The molecule has 1 rings (SSSR count). The van der Waals surface area contributed by atoms with E-state index in [0.717, 1.165) is 0 Å². The fourth-order valence-electron chi connectivity index (χ4n) is 1.76. The molecular weight excluding hydrogens is 294 g/mol. The predicted octanol–water partition coefficient (Wildman–Crippen LogP) is 1.81. The zero-order valence-corrected chi connectivity index (χ0v) is 13.0. The van der Waals surface area contributed by atoms with Crippen LogP contribution in [0.4, 0.5) is 0 Å². The van der Waals surface area contributed by atoms with Crippen molar-refractivity contribution >= 4 is 21.8 Å². The molecule has 0 saturated heterocycles. The van der Waals surface area contributed by atoms with Crippen LogP contribution in [-0.2, 0) is 14.8 Å². The molecule has 6 nitrogen and oxygen atoms in total. The van der Waals surface area contributed by atoms with Gasteiger partial charge in [0, 0.05) is 17.5 Å². The van der Waals surface area contributed by atoms with E-state index in [4.69, 9.17) is 5.11 Å². The molecule has 21 heavy (non-hydrogen) atoms. The van der Waals surface area contributed by atoms with Crippen molar-refractivity contribution < 1.29 is 23.1 Å². The number of rotatable bonds is 7. The van der Waals surface area contributed by atoms with Crippen LogP contribution in [-0.4, -0.2) is 30.8 Å². The van der Waals surface area contributed by atoms with Crippen LogP contribution in [0.3, 0.4) is 0 Å². The van der Waals surface area contributed by atoms with Crippen LogP contribution in [0.5, 0.6) is 0 Å². The second-order valence-electron chi connectivity index (χ2n) is 5.46. The summed E-state index contributed by atoms with van der Waals surface area (Å²) in [6.45, 7) is 4.64. The molecule has 116 valence electrons. The normalized spacial score (nSPS) is 12.1. The number of carbonyl (C=O) groups is 2. The zero-order chi connectivity index (χ0) is 16.3. The number of carboxylic acids is 1. The van der Waals surface area contributed by atoms with Gasteiger partial charge < -0.3 is 5.11 Å². The van der Waals surface area contributed by atoms with E-state index in [1.165, 1.54) is 31.2 Å². The third-order valence-electron chi connectivity index (χ3n) is 2.95. The summed E-state index contributed by atoms with van der Waals surface area (Å²) in [5.74, 6) is -1.12. The number of ketones is 1. The molecule has 0 aliphatic rings. The molecule has 0 bridgehead atoms. The molecule has 1 aromatic carbocycles. The summed E-state index contributed by atoms with van der Waals surface area (Å²) in [5.41, 5.74) is -0.449. The average Bonchev–Trinajstić information content (AvgIpc) is 2.35. The number of hydrogen-bond acceptors (Lipinski definition) is 4. The van der Waals surface area contributed by atoms with E-state index in [9.17, 15) is 18.0 Å². The Morgan fingerprint density at radius 1 is 1.19 bits per heavy atom. The van der Waals surface area contributed by atoms with Crippen LogP contribution in [0.2, 0.25) is 0 Å². The standard InChI is InChI=1S/C14H19NO5S/c1-10(16)11-4-6-12(7-5-11)21(19,20)15-14(2,3)9-8-13(17)18/h4-7,15H,8-9H2,1-3H3,(H,17,18).